The molecule has 1 N–H and O–H groups in total. The summed E-state index contributed by atoms with van der Waals surface area (Å²) >= 11 is 1.51. The van der Waals surface area contributed by atoms with Crippen LogP contribution in [-0.4, -0.2) is 66.6 Å². The maximum atomic E-state index is 5.79. The van der Waals surface area contributed by atoms with E-state index in [1.54, 1.807) is 0 Å². The maximum Gasteiger partial charge on any atom is 0.205 e. The van der Waals surface area contributed by atoms with Crippen molar-refractivity contribution in [2.45, 2.75) is 33.1 Å². The van der Waals surface area contributed by atoms with Crippen molar-refractivity contribution in [3.63, 3.8) is 0 Å². The molecule has 1 aromatic carbocycles. The van der Waals surface area contributed by atoms with Gasteiger partial charge in [-0.1, -0.05) is 24.6 Å². The first-order valence-electron chi connectivity index (χ1n) is 10.4. The van der Waals surface area contributed by atoms with Crippen molar-refractivity contribution >= 4 is 22.6 Å². The SMILES string of the molecule is CCc1nsc(N2CCN(C(=NC)NCCCCOc3ccc(C)cc3)CC2)n1. The molecule has 1 saturated heterocycles. The highest BCUT2D eigenvalue weighted by Crippen LogP contribution is 2.19. The average Bonchev–Trinajstić information content (AvgIpc) is 3.24. The normalized spacial score (nSPS) is 14.9. The number of aliphatic imine (C=N–C) groups is 1. The van der Waals surface area contributed by atoms with Crippen molar-refractivity contribution in [2.24, 2.45) is 4.99 Å². The Balaban J connectivity index is 1.32. The van der Waals surface area contributed by atoms with Crippen LogP contribution in [0.1, 0.15) is 31.2 Å². The number of aryl methyl sites for hydroxylation is 2. The zero-order valence-corrected chi connectivity index (χ0v) is 18.5. The summed E-state index contributed by atoms with van der Waals surface area (Å²) in [4.78, 5) is 13.7. The van der Waals surface area contributed by atoms with Gasteiger partial charge in [-0.25, -0.2) is 4.98 Å². The summed E-state index contributed by atoms with van der Waals surface area (Å²) in [7, 11) is 1.85. The molecular weight excluding hydrogens is 384 g/mol. The van der Waals surface area contributed by atoms with Gasteiger partial charge in [0.1, 0.15) is 11.6 Å². The minimum atomic E-state index is 0.740. The molecule has 3 rings (SSSR count). The van der Waals surface area contributed by atoms with Crippen LogP contribution in [0.4, 0.5) is 5.13 Å². The molecule has 0 amide bonds. The Bertz CT molecular complexity index is 768. The Morgan fingerprint density at radius 2 is 1.93 bits per heavy atom. The molecule has 0 radical (unpaired) electrons. The Hall–Kier alpha value is -2.35. The van der Waals surface area contributed by atoms with Crippen molar-refractivity contribution in [3.05, 3.63) is 35.7 Å². The molecule has 29 heavy (non-hydrogen) atoms. The number of nitrogens with zero attached hydrogens (tertiary/aromatic N) is 5. The fraction of sp³-hybridized carbons (Fsp3) is 0.571. The zero-order chi connectivity index (χ0) is 20.5. The number of guanidine groups is 1. The largest absolute Gasteiger partial charge is 0.494 e. The maximum absolute atomic E-state index is 5.79. The van der Waals surface area contributed by atoms with Crippen LogP contribution in [-0.2, 0) is 6.42 Å². The Morgan fingerprint density at radius 1 is 1.17 bits per heavy atom. The molecule has 0 bridgehead atoms. The average molecular weight is 417 g/mol. The first-order chi connectivity index (χ1) is 14.2. The lowest BCUT2D eigenvalue weighted by atomic mass is 10.2. The number of anilines is 1. The summed E-state index contributed by atoms with van der Waals surface area (Å²) in [5, 5.41) is 4.53. The van der Waals surface area contributed by atoms with Gasteiger partial charge in [-0.15, -0.1) is 0 Å². The van der Waals surface area contributed by atoms with Gasteiger partial charge in [-0.3, -0.25) is 4.99 Å². The fourth-order valence-electron chi connectivity index (χ4n) is 3.21. The third kappa shape index (κ3) is 6.32. The van der Waals surface area contributed by atoms with E-state index in [0.717, 1.165) is 81.3 Å². The van der Waals surface area contributed by atoms with Crippen LogP contribution in [0, 0.1) is 6.92 Å². The summed E-state index contributed by atoms with van der Waals surface area (Å²) in [6, 6.07) is 8.21. The lowest BCUT2D eigenvalue weighted by Gasteiger charge is -2.36. The van der Waals surface area contributed by atoms with E-state index in [4.69, 9.17) is 4.74 Å². The first kappa shape index (κ1) is 21.4. The second-order valence-electron chi connectivity index (χ2n) is 7.16. The number of unbranched alkanes of at least 4 members (excludes halogenated alkanes) is 1. The standard InChI is InChI=1S/C21H32N6OS/c1-4-19-24-21(29-25-19)27-14-12-26(13-15-27)20(22-3)23-11-5-6-16-28-18-9-7-17(2)8-10-18/h7-10H,4-6,11-16H2,1-3H3,(H,22,23). The predicted molar refractivity (Wildman–Crippen MR) is 120 cm³/mol. The first-order valence-corrected chi connectivity index (χ1v) is 11.2. The number of hydrogen-bond acceptors (Lipinski definition) is 6. The van der Waals surface area contributed by atoms with Crippen molar-refractivity contribution in [3.8, 4) is 5.75 Å². The van der Waals surface area contributed by atoms with Gasteiger partial charge in [0.15, 0.2) is 5.96 Å². The van der Waals surface area contributed by atoms with E-state index in [9.17, 15) is 0 Å². The molecule has 158 valence electrons. The molecule has 0 spiro atoms. The Morgan fingerprint density at radius 3 is 2.59 bits per heavy atom. The van der Waals surface area contributed by atoms with Gasteiger partial charge in [-0.05, 0) is 31.9 Å². The van der Waals surface area contributed by atoms with Crippen LogP contribution in [0.5, 0.6) is 5.75 Å². The summed E-state index contributed by atoms with van der Waals surface area (Å²) in [6.45, 7) is 9.60. The van der Waals surface area contributed by atoms with E-state index in [-0.39, 0.29) is 0 Å². The number of ether oxygens (including phenoxy) is 1. The van der Waals surface area contributed by atoms with E-state index < -0.39 is 0 Å². The molecule has 0 saturated carbocycles. The summed E-state index contributed by atoms with van der Waals surface area (Å²) in [6.07, 6.45) is 2.96. The lowest BCUT2D eigenvalue weighted by molar-refractivity contribution is 0.306. The number of nitrogens with one attached hydrogen (secondary N) is 1. The van der Waals surface area contributed by atoms with Gasteiger partial charge in [0, 0.05) is 57.7 Å². The molecule has 2 heterocycles. The number of rotatable bonds is 8. The minimum absolute atomic E-state index is 0.740. The summed E-state index contributed by atoms with van der Waals surface area (Å²) < 4.78 is 10.2. The third-order valence-corrected chi connectivity index (χ3v) is 5.79. The second-order valence-corrected chi connectivity index (χ2v) is 7.89. The summed E-state index contributed by atoms with van der Waals surface area (Å²) in [5.41, 5.74) is 1.25. The van der Waals surface area contributed by atoms with E-state index >= 15 is 0 Å². The zero-order valence-electron chi connectivity index (χ0n) is 17.7. The third-order valence-electron chi connectivity index (χ3n) is 4.98. The molecule has 7 nitrogen and oxygen atoms in total. The molecule has 1 aliphatic rings. The van der Waals surface area contributed by atoms with Crippen molar-refractivity contribution in [1.29, 1.82) is 0 Å². The number of aromatic nitrogens is 2. The lowest BCUT2D eigenvalue weighted by Crippen LogP contribution is -2.52. The molecule has 0 aliphatic carbocycles. The highest BCUT2D eigenvalue weighted by atomic mass is 32.1. The van der Waals surface area contributed by atoms with Crippen LogP contribution in [0.3, 0.4) is 0 Å². The monoisotopic (exact) mass is 416 g/mol. The molecule has 1 aliphatic heterocycles. The van der Waals surface area contributed by atoms with Crippen LogP contribution in [0.25, 0.3) is 0 Å². The van der Waals surface area contributed by atoms with Crippen molar-refractivity contribution < 1.29 is 4.74 Å². The van der Waals surface area contributed by atoms with E-state index in [2.05, 4.69) is 55.4 Å². The van der Waals surface area contributed by atoms with Crippen LogP contribution in [0.15, 0.2) is 29.3 Å². The number of piperazine rings is 1. The minimum Gasteiger partial charge on any atom is -0.494 e. The molecule has 2 aromatic rings. The fourth-order valence-corrected chi connectivity index (χ4v) is 4.01. The van der Waals surface area contributed by atoms with Crippen LogP contribution in [0.2, 0.25) is 0 Å². The predicted octanol–water partition coefficient (Wildman–Crippen LogP) is 2.97. The van der Waals surface area contributed by atoms with E-state index in [1.165, 1.54) is 17.1 Å². The van der Waals surface area contributed by atoms with Crippen molar-refractivity contribution in [1.82, 2.24) is 19.6 Å². The van der Waals surface area contributed by atoms with Gasteiger partial charge in [0.25, 0.3) is 0 Å². The van der Waals surface area contributed by atoms with E-state index in [1.807, 2.05) is 19.2 Å². The smallest absolute Gasteiger partial charge is 0.205 e. The van der Waals surface area contributed by atoms with Gasteiger partial charge in [-0.2, -0.15) is 4.37 Å². The highest BCUT2D eigenvalue weighted by molar-refractivity contribution is 7.09. The van der Waals surface area contributed by atoms with Crippen LogP contribution >= 0.6 is 11.5 Å². The van der Waals surface area contributed by atoms with Crippen molar-refractivity contribution in [2.75, 3.05) is 51.3 Å². The van der Waals surface area contributed by atoms with Crippen LogP contribution < -0.4 is 15.0 Å². The number of benzene rings is 1. The molecule has 1 aromatic heterocycles. The molecule has 1 fully saturated rings. The van der Waals surface area contributed by atoms with Gasteiger partial charge in [0.2, 0.25) is 5.13 Å². The Labute approximate surface area is 178 Å². The molecule has 0 atom stereocenters. The Kier molecular flexibility index (Phi) is 8.10. The topological polar surface area (TPSA) is 65.9 Å². The molecule has 8 heteroatoms. The second kappa shape index (κ2) is 11.0. The summed E-state index contributed by atoms with van der Waals surface area (Å²) in [5.74, 6) is 2.87. The van der Waals surface area contributed by atoms with E-state index in [0.29, 0.717) is 0 Å². The van der Waals surface area contributed by atoms with Gasteiger partial charge >= 0.3 is 0 Å². The number of hydrogen-bond donors (Lipinski definition) is 1. The molecule has 0 unspecified atom stereocenters. The highest BCUT2D eigenvalue weighted by Gasteiger charge is 2.21. The van der Waals surface area contributed by atoms with Gasteiger partial charge < -0.3 is 19.9 Å². The van der Waals surface area contributed by atoms with Gasteiger partial charge in [0.05, 0.1) is 6.61 Å². The quantitative estimate of drug-likeness (QED) is 0.405. The molecular formula is C21H32N6OS.